The molecule has 0 amide bonds. The first-order chi connectivity index (χ1) is 32.1. The predicted molar refractivity (Wildman–Crippen MR) is 247 cm³/mol. The Morgan fingerprint density at radius 2 is 0.909 bits per heavy atom. The number of para-hydroxylation sites is 4. The van der Waals surface area contributed by atoms with Crippen LogP contribution in [-0.2, 0) is 9.84 Å². The van der Waals surface area contributed by atoms with Gasteiger partial charge in [0.15, 0.2) is 27.4 Å². The van der Waals surface area contributed by atoms with Crippen molar-refractivity contribution in [2.75, 3.05) is 0 Å². The first kappa shape index (κ1) is 40.4. The first-order valence-electron chi connectivity index (χ1n) is 21.2. The fraction of sp³-hybridized carbons (Fsp3) is 0.160. The number of sulfone groups is 1. The van der Waals surface area contributed by atoms with E-state index < -0.39 is 50.9 Å². The normalized spacial score (nSPS) is 15.8. The average Bonchev–Trinajstić information content (AvgIpc) is 3.87. The third kappa shape index (κ3) is 6.46. The number of rotatable bonds is 13. The van der Waals surface area contributed by atoms with Gasteiger partial charge >= 0.3 is 16.5 Å². The summed E-state index contributed by atoms with van der Waals surface area (Å²) in [6.45, 7) is 7.67. The Morgan fingerprint density at radius 3 is 1.48 bits per heavy atom. The van der Waals surface area contributed by atoms with E-state index in [9.17, 15) is 8.42 Å². The minimum absolute atomic E-state index is 0.00446. The molecule has 16 heteroatoms. The van der Waals surface area contributed by atoms with E-state index >= 15 is 0 Å². The highest BCUT2D eigenvalue weighted by Crippen LogP contribution is 2.62. The van der Waals surface area contributed by atoms with Crippen molar-refractivity contribution in [1.29, 1.82) is 0 Å². The van der Waals surface area contributed by atoms with E-state index in [0.29, 0.717) is 67.0 Å². The summed E-state index contributed by atoms with van der Waals surface area (Å²) in [6, 6.07) is 41.1. The molecule has 6 unspecified atom stereocenters. The van der Waals surface area contributed by atoms with Crippen molar-refractivity contribution in [3.63, 3.8) is 0 Å². The van der Waals surface area contributed by atoms with Gasteiger partial charge in [-0.15, -0.1) is 0 Å². The molecule has 332 valence electrons. The van der Waals surface area contributed by atoms with Gasteiger partial charge in [-0.2, -0.15) is 0 Å². The lowest BCUT2D eigenvalue weighted by Gasteiger charge is -2.32. The maximum atomic E-state index is 15.0. The Balaban J connectivity index is 1.32. The van der Waals surface area contributed by atoms with E-state index in [1.54, 1.807) is 13.0 Å². The summed E-state index contributed by atoms with van der Waals surface area (Å²) in [4.78, 5) is -0.378. The summed E-state index contributed by atoms with van der Waals surface area (Å²) in [5.74, 6) is 2.58. The van der Waals surface area contributed by atoms with Crippen LogP contribution in [0.5, 0.6) is 40.2 Å². The van der Waals surface area contributed by atoms with E-state index in [4.69, 9.17) is 49.5 Å². The van der Waals surface area contributed by atoms with Crippen LogP contribution in [0.3, 0.4) is 0 Å². The summed E-state index contributed by atoms with van der Waals surface area (Å²) >= 11 is 0. The van der Waals surface area contributed by atoms with Crippen molar-refractivity contribution in [3.05, 3.63) is 150 Å². The zero-order chi connectivity index (χ0) is 44.8. The van der Waals surface area contributed by atoms with Crippen LogP contribution in [0, 0.1) is 0 Å². The molecule has 3 aliphatic rings. The maximum Gasteiger partial charge on any atom is 0.453 e. The van der Waals surface area contributed by atoms with E-state index in [-0.39, 0.29) is 43.6 Å². The average molecular weight is 941 g/mol. The number of ether oxygens (including phenoxy) is 5. The molecule has 0 radical (unpaired) electrons. The van der Waals surface area contributed by atoms with Gasteiger partial charge < -0.3 is 49.5 Å². The molecule has 9 aromatic rings. The third-order valence-electron chi connectivity index (χ3n) is 11.7. The monoisotopic (exact) mass is 940 g/mol. The highest BCUT2D eigenvalue weighted by atomic mass is 32.2. The SMILES string of the molecule is CC(Oc1ccccc1)Oc1c(C(C)Oc2ccccc2)c(C(C)Oc2ccccc2)c(C(C)Oc2ccccc2)c2c3ccc4c5c3op(oc3c6c(c7op(oc7c3c12)O6)S4(=O)=O)O5. The summed E-state index contributed by atoms with van der Waals surface area (Å²) in [5, 5.41) is 1.73. The highest BCUT2D eigenvalue weighted by Gasteiger charge is 2.45. The lowest BCUT2D eigenvalue weighted by Crippen LogP contribution is -2.24. The molecular weight excluding hydrogens is 903 g/mol. The van der Waals surface area contributed by atoms with Crippen LogP contribution in [0.25, 0.3) is 43.9 Å². The maximum absolute atomic E-state index is 15.0. The molecular formula is C50H38O13P2S. The van der Waals surface area contributed by atoms with Crippen molar-refractivity contribution < 1.29 is 57.9 Å². The zero-order valence-corrected chi connectivity index (χ0v) is 38.2. The molecule has 0 saturated carbocycles. The second-order valence-electron chi connectivity index (χ2n) is 15.9. The van der Waals surface area contributed by atoms with Gasteiger partial charge in [0.05, 0.1) is 5.39 Å². The van der Waals surface area contributed by atoms with Gasteiger partial charge in [-0.05, 0) is 81.4 Å². The van der Waals surface area contributed by atoms with Crippen molar-refractivity contribution in [2.45, 2.75) is 62.1 Å². The fourth-order valence-corrected chi connectivity index (χ4v) is 13.1. The van der Waals surface area contributed by atoms with Crippen LogP contribution in [0.2, 0.25) is 0 Å². The summed E-state index contributed by atoms with van der Waals surface area (Å²) in [7, 11) is -8.83. The topological polar surface area (TPSA) is 151 Å². The molecule has 6 atom stereocenters. The van der Waals surface area contributed by atoms with Crippen molar-refractivity contribution in [2.24, 2.45) is 0 Å². The minimum Gasteiger partial charge on any atom is -0.486 e. The van der Waals surface area contributed by atoms with E-state index in [1.807, 2.05) is 142 Å². The molecule has 0 spiro atoms. The smallest absolute Gasteiger partial charge is 0.453 e. The molecule has 5 heterocycles. The van der Waals surface area contributed by atoms with Crippen molar-refractivity contribution in [3.8, 4) is 40.2 Å². The van der Waals surface area contributed by atoms with E-state index in [2.05, 4.69) is 0 Å². The zero-order valence-electron chi connectivity index (χ0n) is 35.6. The number of fused-ring (bicyclic) bond motifs is 5. The van der Waals surface area contributed by atoms with Crippen LogP contribution in [-0.4, -0.2) is 14.7 Å². The quantitative estimate of drug-likeness (QED) is 0.101. The Bertz CT molecular complexity index is 3600. The molecule has 8 bridgehead atoms. The van der Waals surface area contributed by atoms with Gasteiger partial charge in [-0.1, -0.05) is 72.8 Å². The molecule has 3 aliphatic heterocycles. The summed E-state index contributed by atoms with van der Waals surface area (Å²) in [6.07, 6.45) is -3.20. The van der Waals surface area contributed by atoms with Crippen LogP contribution >= 0.6 is 16.5 Å². The van der Waals surface area contributed by atoms with Crippen LogP contribution < -0.4 is 32.7 Å². The Morgan fingerprint density at radius 1 is 0.439 bits per heavy atom. The molecule has 66 heavy (non-hydrogen) atoms. The van der Waals surface area contributed by atoms with E-state index in [0.717, 1.165) is 0 Å². The van der Waals surface area contributed by atoms with Gasteiger partial charge in [0.1, 0.15) is 52.0 Å². The van der Waals surface area contributed by atoms with Crippen LogP contribution in [0.1, 0.15) is 62.7 Å². The number of hydrogen-bond acceptors (Lipinski definition) is 13. The molecule has 7 aromatic carbocycles. The molecule has 0 saturated heterocycles. The Hall–Kier alpha value is -7.11. The molecule has 2 aromatic heterocycles. The molecule has 0 N–H and O–H groups in total. The fourth-order valence-electron chi connectivity index (χ4n) is 9.11. The lowest BCUT2D eigenvalue weighted by atomic mass is 9.84. The first-order valence-corrected chi connectivity index (χ1v) is 24.9. The number of benzene rings is 7. The van der Waals surface area contributed by atoms with Gasteiger partial charge in [0.25, 0.3) is 0 Å². The van der Waals surface area contributed by atoms with Gasteiger partial charge in [0, 0.05) is 39.8 Å². The highest BCUT2D eigenvalue weighted by molar-refractivity contribution is 7.92. The third-order valence-corrected chi connectivity index (χ3v) is 15.5. The Labute approximate surface area is 379 Å². The van der Waals surface area contributed by atoms with Crippen molar-refractivity contribution >= 4 is 70.2 Å². The molecule has 0 aliphatic carbocycles. The minimum atomic E-state index is -4.42. The largest absolute Gasteiger partial charge is 0.486 e. The van der Waals surface area contributed by atoms with E-state index in [1.165, 1.54) is 6.07 Å². The van der Waals surface area contributed by atoms with Crippen LogP contribution in [0.15, 0.2) is 160 Å². The molecule has 0 fully saturated rings. The van der Waals surface area contributed by atoms with Gasteiger partial charge in [-0.25, -0.2) is 8.42 Å². The summed E-state index contributed by atoms with van der Waals surface area (Å²) < 4.78 is 103. The standard InChI is InChI=1S/C50H38O13P2S/c1-27(53-31-17-9-5-10-18-31)37-38(28(2)54-32-19-11-6-12-20-32)40-35-25-26-36-44-43(35)58-64(59-44)60-46-42(47-49-50(66(36,51)52)48(46)62-65(61-47)63-49)41(40)45(57-30(4)56-34-23-15-8-16-24-34)39(37)29(3)55-33-21-13-7-14-22-33/h5-30H,1-4H3. The van der Waals surface area contributed by atoms with Gasteiger partial charge in [-0.3, -0.25) is 0 Å². The van der Waals surface area contributed by atoms with Gasteiger partial charge in [0.2, 0.25) is 27.5 Å². The Kier molecular flexibility index (Phi) is 9.50. The summed E-state index contributed by atoms with van der Waals surface area (Å²) in [5.41, 5.74) is 2.15. The molecule has 13 nitrogen and oxygen atoms in total. The lowest BCUT2D eigenvalue weighted by molar-refractivity contribution is 0.0211. The molecule has 12 rings (SSSR count). The second-order valence-corrected chi connectivity index (χ2v) is 19.8. The number of hydrogen-bond donors (Lipinski definition) is 0. The van der Waals surface area contributed by atoms with Crippen LogP contribution in [0.4, 0.5) is 0 Å². The predicted octanol–water partition coefficient (Wildman–Crippen LogP) is 14.6. The second kappa shape index (κ2) is 15.5. The van der Waals surface area contributed by atoms with Crippen molar-refractivity contribution in [1.82, 2.24) is 0 Å².